The van der Waals surface area contributed by atoms with Gasteiger partial charge in [-0.2, -0.15) is 0 Å². The number of carbonyl (C=O) groups is 2. The molecule has 6 nitrogen and oxygen atoms in total. The molecule has 1 saturated heterocycles. The first-order valence-corrected chi connectivity index (χ1v) is 11.1. The largest absolute Gasteiger partial charge is 0.493 e. The van der Waals surface area contributed by atoms with Gasteiger partial charge in [0.1, 0.15) is 12.2 Å². The van der Waals surface area contributed by atoms with Gasteiger partial charge in [-0.05, 0) is 67.0 Å². The Labute approximate surface area is 203 Å². The van der Waals surface area contributed by atoms with E-state index >= 15 is 0 Å². The van der Waals surface area contributed by atoms with Crippen LogP contribution in [0.1, 0.15) is 22.3 Å². The highest BCUT2D eigenvalue weighted by Crippen LogP contribution is 2.31. The first-order valence-electron chi connectivity index (χ1n) is 10.7. The minimum absolute atomic E-state index is 0.0206. The van der Waals surface area contributed by atoms with Gasteiger partial charge in [0.2, 0.25) is 0 Å². The van der Waals surface area contributed by atoms with Gasteiger partial charge in [0.05, 0.1) is 12.8 Å². The van der Waals surface area contributed by atoms with Crippen molar-refractivity contribution in [1.29, 1.82) is 0 Å². The van der Waals surface area contributed by atoms with Crippen LogP contribution in [-0.2, 0) is 16.2 Å². The molecule has 0 unspecified atom stereocenters. The average molecular weight is 473 g/mol. The van der Waals surface area contributed by atoms with Gasteiger partial charge in [-0.3, -0.25) is 19.8 Å². The monoisotopic (exact) mass is 472 g/mol. The van der Waals surface area contributed by atoms with Gasteiger partial charge >= 0.3 is 0 Å². The molecule has 0 atom stereocenters. The highest BCUT2D eigenvalue weighted by atomic mass is 32.1. The van der Waals surface area contributed by atoms with Gasteiger partial charge in [-0.15, -0.1) is 0 Å². The molecule has 1 fully saturated rings. The number of carbonyl (C=O) groups excluding carboxylic acids is 2. The van der Waals surface area contributed by atoms with Crippen LogP contribution in [0.2, 0.25) is 0 Å². The molecule has 4 rings (SSSR count). The van der Waals surface area contributed by atoms with Crippen LogP contribution >= 0.6 is 12.2 Å². The lowest BCUT2D eigenvalue weighted by molar-refractivity contribution is -0.122. The summed E-state index contributed by atoms with van der Waals surface area (Å²) in [6.45, 7) is 4.23. The molecule has 34 heavy (non-hydrogen) atoms. The lowest BCUT2D eigenvalue weighted by Gasteiger charge is -2.30. The molecule has 0 aromatic heterocycles. The quantitative estimate of drug-likeness (QED) is 0.319. The van der Waals surface area contributed by atoms with Crippen molar-refractivity contribution in [2.45, 2.75) is 20.5 Å². The first kappa shape index (κ1) is 23.2. The molecule has 1 aliphatic heterocycles. The molecule has 0 bridgehead atoms. The van der Waals surface area contributed by atoms with E-state index in [4.69, 9.17) is 21.7 Å². The second kappa shape index (κ2) is 9.89. The third kappa shape index (κ3) is 4.84. The summed E-state index contributed by atoms with van der Waals surface area (Å²) in [5, 5.41) is 2.68. The number of nitrogens with one attached hydrogen (secondary N) is 1. The van der Waals surface area contributed by atoms with Crippen molar-refractivity contribution >= 4 is 40.9 Å². The Bertz CT molecular complexity index is 1300. The number of methoxy groups -OCH3 is 1. The maximum absolute atomic E-state index is 13.4. The summed E-state index contributed by atoms with van der Waals surface area (Å²) in [6.07, 6.45) is 1.53. The van der Waals surface area contributed by atoms with E-state index in [2.05, 4.69) is 5.32 Å². The van der Waals surface area contributed by atoms with Gasteiger partial charge in [0.15, 0.2) is 16.6 Å². The van der Waals surface area contributed by atoms with E-state index in [-0.39, 0.29) is 10.7 Å². The van der Waals surface area contributed by atoms with Crippen molar-refractivity contribution in [3.8, 4) is 11.5 Å². The van der Waals surface area contributed by atoms with Crippen LogP contribution in [-0.4, -0.2) is 24.0 Å². The molecular formula is C27H24N2O4S. The van der Waals surface area contributed by atoms with E-state index in [1.807, 2.05) is 62.4 Å². The molecule has 0 spiro atoms. The van der Waals surface area contributed by atoms with E-state index < -0.39 is 11.8 Å². The van der Waals surface area contributed by atoms with Crippen molar-refractivity contribution < 1.29 is 19.1 Å². The fraction of sp³-hybridized carbons (Fsp3) is 0.148. The van der Waals surface area contributed by atoms with Crippen molar-refractivity contribution in [2.24, 2.45) is 0 Å². The number of anilines is 1. The van der Waals surface area contributed by atoms with Crippen LogP contribution in [0.15, 0.2) is 72.3 Å². The number of benzene rings is 3. The molecule has 1 heterocycles. The fourth-order valence-corrected chi connectivity index (χ4v) is 4.00. The minimum Gasteiger partial charge on any atom is -0.493 e. The van der Waals surface area contributed by atoms with Crippen LogP contribution in [0.25, 0.3) is 6.08 Å². The smallest absolute Gasteiger partial charge is 0.270 e. The number of aryl methyl sites for hydroxylation is 2. The molecule has 172 valence electrons. The lowest BCUT2D eigenvalue weighted by atomic mass is 10.0. The third-order valence-electron chi connectivity index (χ3n) is 5.43. The molecular weight excluding hydrogens is 448 g/mol. The zero-order chi connectivity index (χ0) is 24.2. The Morgan fingerprint density at radius 1 is 0.971 bits per heavy atom. The average Bonchev–Trinajstić information content (AvgIpc) is 2.82. The summed E-state index contributed by atoms with van der Waals surface area (Å²) in [5.74, 6) is 0.0311. The standard InChI is InChI=1S/C27H24N2O4S/c1-17-9-11-22(18(2)13-17)29-26(31)21(25(30)28-27(29)34)14-20-10-12-23(32-3)24(15-20)33-16-19-7-5-4-6-8-19/h4-15H,16H2,1-3H3,(H,28,30,34). The van der Waals surface area contributed by atoms with Crippen LogP contribution in [0.5, 0.6) is 11.5 Å². The number of amides is 2. The second-order valence-electron chi connectivity index (χ2n) is 7.93. The summed E-state index contributed by atoms with van der Waals surface area (Å²) in [5.41, 5.74) is 4.19. The minimum atomic E-state index is -0.543. The third-order valence-corrected chi connectivity index (χ3v) is 5.72. The maximum Gasteiger partial charge on any atom is 0.270 e. The molecule has 7 heteroatoms. The highest BCUT2D eigenvalue weighted by Gasteiger charge is 2.35. The van der Waals surface area contributed by atoms with E-state index in [9.17, 15) is 9.59 Å². The topological polar surface area (TPSA) is 67.9 Å². The maximum atomic E-state index is 13.4. The van der Waals surface area contributed by atoms with Crippen molar-refractivity contribution in [3.63, 3.8) is 0 Å². The molecule has 0 saturated carbocycles. The summed E-state index contributed by atoms with van der Waals surface area (Å²) >= 11 is 5.32. The number of hydrogen-bond acceptors (Lipinski definition) is 5. The molecule has 3 aromatic rings. The van der Waals surface area contributed by atoms with Crippen LogP contribution in [0, 0.1) is 13.8 Å². The second-order valence-corrected chi connectivity index (χ2v) is 8.32. The Morgan fingerprint density at radius 2 is 1.74 bits per heavy atom. The van der Waals surface area contributed by atoms with E-state index in [1.54, 1.807) is 25.3 Å². The Balaban J connectivity index is 1.65. The van der Waals surface area contributed by atoms with E-state index in [0.29, 0.717) is 29.4 Å². The zero-order valence-corrected chi connectivity index (χ0v) is 19.9. The lowest BCUT2D eigenvalue weighted by Crippen LogP contribution is -2.54. The van der Waals surface area contributed by atoms with Crippen molar-refractivity contribution in [1.82, 2.24) is 5.32 Å². The summed E-state index contributed by atoms with van der Waals surface area (Å²) < 4.78 is 11.4. The van der Waals surface area contributed by atoms with Gasteiger partial charge in [-0.1, -0.05) is 54.1 Å². The predicted octanol–water partition coefficient (Wildman–Crippen LogP) is 4.72. The number of thiocarbonyl (C=S) groups is 1. The number of ether oxygens (including phenoxy) is 2. The molecule has 2 amide bonds. The number of rotatable bonds is 6. The Morgan fingerprint density at radius 3 is 2.44 bits per heavy atom. The molecule has 0 radical (unpaired) electrons. The SMILES string of the molecule is COc1ccc(C=C2C(=O)NC(=S)N(c3ccc(C)cc3C)C2=O)cc1OCc1ccccc1. The fourth-order valence-electron chi connectivity index (χ4n) is 3.73. The number of nitrogens with zero attached hydrogens (tertiary/aromatic N) is 1. The highest BCUT2D eigenvalue weighted by molar-refractivity contribution is 7.80. The van der Waals surface area contributed by atoms with Crippen LogP contribution in [0.3, 0.4) is 0 Å². The predicted molar refractivity (Wildman–Crippen MR) is 136 cm³/mol. The molecule has 1 aliphatic rings. The Hall–Kier alpha value is -3.97. The summed E-state index contributed by atoms with van der Waals surface area (Å²) in [7, 11) is 1.56. The molecule has 0 aliphatic carbocycles. The van der Waals surface area contributed by atoms with Crippen LogP contribution < -0.4 is 19.7 Å². The summed E-state index contributed by atoms with van der Waals surface area (Å²) in [4.78, 5) is 27.4. The molecule has 3 aromatic carbocycles. The van der Waals surface area contributed by atoms with E-state index in [0.717, 1.165) is 16.7 Å². The van der Waals surface area contributed by atoms with Gasteiger partial charge < -0.3 is 9.47 Å². The van der Waals surface area contributed by atoms with Crippen molar-refractivity contribution in [2.75, 3.05) is 12.0 Å². The molecule has 1 N–H and O–H groups in total. The number of hydrogen-bond donors (Lipinski definition) is 1. The van der Waals surface area contributed by atoms with Gasteiger partial charge in [0, 0.05) is 0 Å². The van der Waals surface area contributed by atoms with Gasteiger partial charge in [0.25, 0.3) is 11.8 Å². The van der Waals surface area contributed by atoms with Crippen molar-refractivity contribution in [3.05, 3.63) is 94.6 Å². The van der Waals surface area contributed by atoms with Crippen LogP contribution in [0.4, 0.5) is 5.69 Å². The van der Waals surface area contributed by atoms with Gasteiger partial charge in [-0.25, -0.2) is 0 Å². The summed E-state index contributed by atoms with van der Waals surface area (Å²) in [6, 6.07) is 20.7. The normalized spacial score (nSPS) is 14.9. The zero-order valence-electron chi connectivity index (χ0n) is 19.1. The first-order chi connectivity index (χ1) is 16.4. The Kier molecular flexibility index (Phi) is 6.75. The van der Waals surface area contributed by atoms with E-state index in [1.165, 1.54) is 11.0 Å².